The molecule has 6 nitrogen and oxygen atoms in total. The number of anilines is 2. The molecule has 1 saturated carbocycles. The average Bonchev–Trinajstić information content (AvgIpc) is 3.19. The summed E-state index contributed by atoms with van der Waals surface area (Å²) in [5.41, 5.74) is 6.48. The van der Waals surface area contributed by atoms with Crippen molar-refractivity contribution in [3.63, 3.8) is 0 Å². The second kappa shape index (κ2) is 10.7. The van der Waals surface area contributed by atoms with Crippen molar-refractivity contribution in [2.45, 2.75) is 31.8 Å². The highest BCUT2D eigenvalue weighted by Crippen LogP contribution is 2.38. The number of carbonyl (C=O) groups excluding carboxylic acids is 2. The highest BCUT2D eigenvalue weighted by molar-refractivity contribution is 6.37. The molecule has 0 unspecified atom stereocenters. The minimum atomic E-state index is -0.262. The fourth-order valence-corrected chi connectivity index (χ4v) is 4.49. The maximum atomic E-state index is 13.2. The van der Waals surface area contributed by atoms with Crippen LogP contribution in [0.15, 0.2) is 72.8 Å². The molecule has 0 radical (unpaired) electrons. The summed E-state index contributed by atoms with van der Waals surface area (Å²) >= 11 is 0. The van der Waals surface area contributed by atoms with E-state index in [1.807, 2.05) is 74.8 Å². The molecule has 1 aliphatic carbocycles. The second-order valence-electron chi connectivity index (χ2n) is 9.74. The molecule has 0 spiro atoms. The van der Waals surface area contributed by atoms with Crippen molar-refractivity contribution >= 4 is 34.5 Å². The Kier molecular flexibility index (Phi) is 7.07. The van der Waals surface area contributed by atoms with Crippen LogP contribution in [0.1, 0.15) is 41.5 Å². The minimum Gasteiger partial charge on any atom is -0.354 e. The Hall–Kier alpha value is -4.34. The fourth-order valence-electron chi connectivity index (χ4n) is 4.49. The number of nitrogens with zero attached hydrogens (tertiary/aromatic N) is 1. The number of rotatable bonds is 6. The summed E-state index contributed by atoms with van der Waals surface area (Å²) in [6.45, 7) is 0.857. The van der Waals surface area contributed by atoms with E-state index in [1.165, 1.54) is 5.56 Å². The van der Waals surface area contributed by atoms with Crippen LogP contribution in [-0.4, -0.2) is 36.9 Å². The lowest BCUT2D eigenvalue weighted by molar-refractivity contribution is -0.116. The van der Waals surface area contributed by atoms with E-state index in [0.29, 0.717) is 16.8 Å². The molecule has 2 amide bonds. The van der Waals surface area contributed by atoms with E-state index in [9.17, 15) is 9.59 Å². The van der Waals surface area contributed by atoms with Crippen LogP contribution in [0.5, 0.6) is 0 Å². The molecular weight excluding hydrogens is 460 g/mol. The lowest BCUT2D eigenvalue weighted by Crippen LogP contribution is -2.38. The van der Waals surface area contributed by atoms with Gasteiger partial charge < -0.3 is 20.9 Å². The molecule has 6 heteroatoms. The largest absolute Gasteiger partial charge is 0.354 e. The normalized spacial score (nSPS) is 15.7. The van der Waals surface area contributed by atoms with E-state index >= 15 is 0 Å². The Labute approximate surface area is 217 Å². The number of hydrogen-bond acceptors (Lipinski definition) is 4. The Balaban J connectivity index is 1.46. The second-order valence-corrected chi connectivity index (χ2v) is 9.74. The summed E-state index contributed by atoms with van der Waals surface area (Å²) in [5.74, 6) is 5.15. The van der Waals surface area contributed by atoms with E-state index < -0.39 is 0 Å². The number of hydrogen-bond donors (Lipinski definition) is 3. The standard InChI is InChI=1S/C31H30N4O2/c1-35(2)20-22-11-15-25(16-12-22)33-30(23-7-4-3-5-8-23)29-26-17-13-21(19-27(26)34-31(29)37)14-18-28(36)32-24-9-6-10-24/h3-5,7-8,11-13,15-17,19,24,33H,6,9-10,20H2,1-2H3,(H,32,36)(H,34,37)/b30-29-. The maximum Gasteiger partial charge on any atom is 0.296 e. The van der Waals surface area contributed by atoms with Gasteiger partial charge in [0, 0.05) is 35.3 Å². The SMILES string of the molecule is CN(C)Cc1ccc(N/C(=C2\C(=O)Nc3cc(C#CC(=O)NC4CCC4)ccc32)c2ccccc2)cc1. The van der Waals surface area contributed by atoms with Crippen molar-refractivity contribution in [1.29, 1.82) is 0 Å². The van der Waals surface area contributed by atoms with Gasteiger partial charge in [0.1, 0.15) is 0 Å². The van der Waals surface area contributed by atoms with Gasteiger partial charge in [-0.1, -0.05) is 54.5 Å². The zero-order valence-electron chi connectivity index (χ0n) is 21.1. The topological polar surface area (TPSA) is 73.5 Å². The number of benzene rings is 3. The van der Waals surface area contributed by atoms with Gasteiger partial charge in [0.15, 0.2) is 0 Å². The van der Waals surface area contributed by atoms with Crippen LogP contribution in [0.2, 0.25) is 0 Å². The third-order valence-corrected chi connectivity index (χ3v) is 6.56. The van der Waals surface area contributed by atoms with Crippen molar-refractivity contribution in [3.8, 4) is 11.8 Å². The number of carbonyl (C=O) groups is 2. The first-order chi connectivity index (χ1) is 18.0. The molecule has 1 aliphatic heterocycles. The van der Waals surface area contributed by atoms with E-state index in [0.717, 1.165) is 48.3 Å². The van der Waals surface area contributed by atoms with E-state index in [-0.39, 0.29) is 17.9 Å². The molecule has 3 aromatic rings. The molecule has 1 fully saturated rings. The van der Waals surface area contributed by atoms with Gasteiger partial charge in [-0.3, -0.25) is 9.59 Å². The zero-order valence-corrected chi connectivity index (χ0v) is 21.1. The number of fused-ring (bicyclic) bond motifs is 1. The van der Waals surface area contributed by atoms with E-state index in [2.05, 4.69) is 44.8 Å². The maximum absolute atomic E-state index is 13.2. The molecule has 0 saturated heterocycles. The van der Waals surface area contributed by atoms with Gasteiger partial charge in [0.2, 0.25) is 0 Å². The van der Waals surface area contributed by atoms with Gasteiger partial charge in [-0.15, -0.1) is 0 Å². The van der Waals surface area contributed by atoms with Crippen LogP contribution in [0.25, 0.3) is 11.3 Å². The fraction of sp³-hybridized carbons (Fsp3) is 0.226. The highest BCUT2D eigenvalue weighted by Gasteiger charge is 2.28. The minimum absolute atomic E-state index is 0.182. The van der Waals surface area contributed by atoms with Gasteiger partial charge >= 0.3 is 0 Å². The van der Waals surface area contributed by atoms with Crippen LogP contribution in [-0.2, 0) is 16.1 Å². The quantitative estimate of drug-likeness (QED) is 0.346. The van der Waals surface area contributed by atoms with Crippen molar-refractivity contribution in [3.05, 3.63) is 95.1 Å². The van der Waals surface area contributed by atoms with Crippen molar-refractivity contribution in [2.75, 3.05) is 24.7 Å². The van der Waals surface area contributed by atoms with Gasteiger partial charge in [-0.2, -0.15) is 0 Å². The van der Waals surface area contributed by atoms with E-state index in [4.69, 9.17) is 0 Å². The predicted molar refractivity (Wildman–Crippen MR) is 148 cm³/mol. The van der Waals surface area contributed by atoms with Crippen molar-refractivity contribution in [2.24, 2.45) is 0 Å². The number of amides is 2. The molecule has 3 aromatic carbocycles. The summed E-state index contributed by atoms with van der Waals surface area (Å²) in [6, 6.07) is 23.9. The summed E-state index contributed by atoms with van der Waals surface area (Å²) in [4.78, 5) is 27.4. The molecule has 37 heavy (non-hydrogen) atoms. The number of nitrogens with one attached hydrogen (secondary N) is 3. The Morgan fingerprint density at radius 1 is 1.03 bits per heavy atom. The average molecular weight is 491 g/mol. The molecule has 2 aliphatic rings. The van der Waals surface area contributed by atoms with Crippen LogP contribution in [0.4, 0.5) is 11.4 Å². The third kappa shape index (κ3) is 5.74. The summed E-state index contributed by atoms with van der Waals surface area (Å²) in [7, 11) is 4.09. The van der Waals surface area contributed by atoms with Crippen molar-refractivity contribution < 1.29 is 9.59 Å². The molecule has 3 N–H and O–H groups in total. The Bertz CT molecular complexity index is 1410. The monoisotopic (exact) mass is 490 g/mol. The van der Waals surface area contributed by atoms with Crippen LogP contribution in [0.3, 0.4) is 0 Å². The molecule has 5 rings (SSSR count). The Morgan fingerprint density at radius 3 is 2.46 bits per heavy atom. The first-order valence-electron chi connectivity index (χ1n) is 12.5. The Morgan fingerprint density at radius 2 is 1.78 bits per heavy atom. The third-order valence-electron chi connectivity index (χ3n) is 6.56. The highest BCUT2D eigenvalue weighted by atomic mass is 16.2. The van der Waals surface area contributed by atoms with E-state index in [1.54, 1.807) is 0 Å². The molecule has 0 atom stereocenters. The van der Waals surface area contributed by atoms with Crippen LogP contribution < -0.4 is 16.0 Å². The van der Waals surface area contributed by atoms with Crippen LogP contribution >= 0.6 is 0 Å². The van der Waals surface area contributed by atoms with Crippen LogP contribution in [0, 0.1) is 11.8 Å². The first-order valence-corrected chi connectivity index (χ1v) is 12.5. The first kappa shape index (κ1) is 24.4. The molecule has 1 heterocycles. The van der Waals surface area contributed by atoms with Gasteiger partial charge in [-0.25, -0.2) is 0 Å². The summed E-state index contributed by atoms with van der Waals surface area (Å²) in [6.07, 6.45) is 3.19. The van der Waals surface area contributed by atoms with Gasteiger partial charge in [0.25, 0.3) is 11.8 Å². The predicted octanol–water partition coefficient (Wildman–Crippen LogP) is 4.70. The van der Waals surface area contributed by atoms with Crippen molar-refractivity contribution in [1.82, 2.24) is 10.2 Å². The molecule has 0 aromatic heterocycles. The molecule has 186 valence electrons. The van der Waals surface area contributed by atoms with Gasteiger partial charge in [-0.05, 0) is 68.8 Å². The summed E-state index contributed by atoms with van der Waals surface area (Å²) in [5, 5.41) is 9.40. The lowest BCUT2D eigenvalue weighted by atomic mass is 9.93. The van der Waals surface area contributed by atoms with Gasteiger partial charge in [0.05, 0.1) is 17.0 Å². The smallest absolute Gasteiger partial charge is 0.296 e. The lowest BCUT2D eigenvalue weighted by Gasteiger charge is -2.25. The molecule has 0 bridgehead atoms. The summed E-state index contributed by atoms with van der Waals surface area (Å²) < 4.78 is 0. The molecular formula is C31H30N4O2. The zero-order chi connectivity index (χ0) is 25.8.